The first-order chi connectivity index (χ1) is 13.0. The molecule has 0 fully saturated rings. The second-order valence-electron chi connectivity index (χ2n) is 6.10. The first-order valence-corrected chi connectivity index (χ1v) is 9.41. The molecule has 1 amide bonds. The summed E-state index contributed by atoms with van der Waals surface area (Å²) < 4.78 is 6.74. The Balaban J connectivity index is 1.62. The molecule has 0 aliphatic carbocycles. The van der Waals surface area contributed by atoms with E-state index in [1.807, 2.05) is 37.3 Å². The summed E-state index contributed by atoms with van der Waals surface area (Å²) in [6.45, 7) is 1.89. The maximum atomic E-state index is 12.5. The summed E-state index contributed by atoms with van der Waals surface area (Å²) in [7, 11) is 0. The highest BCUT2D eigenvalue weighted by Gasteiger charge is 2.13. The van der Waals surface area contributed by atoms with Gasteiger partial charge < -0.3 is 9.73 Å². The van der Waals surface area contributed by atoms with Crippen molar-refractivity contribution in [2.75, 3.05) is 5.32 Å². The zero-order chi connectivity index (χ0) is 19.0. The first-order valence-electron chi connectivity index (χ1n) is 8.24. The average molecular weight is 442 g/mol. The molecule has 1 heterocycles. The van der Waals surface area contributed by atoms with Crippen LogP contribution >= 0.6 is 27.5 Å². The fraction of sp³-hybridized carbons (Fsp3) is 0.0476. The standard InChI is InChI=1S/C21H14BrClN2O2/c1-12-6-7-13(10-17(12)23)20(26)24-14-8-9-19-18(11-14)25-21(27-19)15-4-2-3-5-16(15)22/h2-11H,1H3,(H,24,26). The first kappa shape index (κ1) is 17.8. The number of nitrogens with one attached hydrogen (secondary N) is 1. The Bertz CT molecular complexity index is 1170. The largest absolute Gasteiger partial charge is 0.436 e. The number of carbonyl (C=O) groups is 1. The molecule has 0 atom stereocenters. The Morgan fingerprint density at radius 1 is 1.11 bits per heavy atom. The van der Waals surface area contributed by atoms with Crippen molar-refractivity contribution in [1.29, 1.82) is 0 Å². The van der Waals surface area contributed by atoms with Crippen LogP contribution in [0.15, 0.2) is 69.6 Å². The molecule has 0 bridgehead atoms. The van der Waals surface area contributed by atoms with Crippen molar-refractivity contribution in [2.24, 2.45) is 0 Å². The number of hydrogen-bond donors (Lipinski definition) is 1. The summed E-state index contributed by atoms with van der Waals surface area (Å²) in [4.78, 5) is 17.0. The average Bonchev–Trinajstić information content (AvgIpc) is 3.07. The fourth-order valence-corrected chi connectivity index (χ4v) is 3.33. The van der Waals surface area contributed by atoms with Crippen LogP contribution in [0, 0.1) is 6.92 Å². The van der Waals surface area contributed by atoms with Crippen molar-refractivity contribution in [3.05, 3.63) is 81.3 Å². The van der Waals surface area contributed by atoms with Gasteiger partial charge in [-0.3, -0.25) is 4.79 Å². The van der Waals surface area contributed by atoms with Crippen LogP contribution in [0.2, 0.25) is 5.02 Å². The Hall–Kier alpha value is -2.63. The lowest BCUT2D eigenvalue weighted by molar-refractivity contribution is 0.102. The van der Waals surface area contributed by atoms with Gasteiger partial charge in [0.25, 0.3) is 5.91 Å². The summed E-state index contributed by atoms with van der Waals surface area (Å²) in [6.07, 6.45) is 0. The summed E-state index contributed by atoms with van der Waals surface area (Å²) in [5.41, 5.74) is 4.25. The van der Waals surface area contributed by atoms with Gasteiger partial charge in [0, 0.05) is 20.7 Å². The fourth-order valence-electron chi connectivity index (χ4n) is 2.69. The quantitative estimate of drug-likeness (QED) is 0.396. The van der Waals surface area contributed by atoms with Crippen molar-refractivity contribution in [2.45, 2.75) is 6.92 Å². The minimum absolute atomic E-state index is 0.231. The second-order valence-corrected chi connectivity index (χ2v) is 7.36. The number of halogens is 2. The minimum Gasteiger partial charge on any atom is -0.436 e. The topological polar surface area (TPSA) is 55.1 Å². The lowest BCUT2D eigenvalue weighted by Crippen LogP contribution is -2.11. The molecule has 27 heavy (non-hydrogen) atoms. The third-order valence-corrected chi connectivity index (χ3v) is 5.28. The maximum Gasteiger partial charge on any atom is 0.255 e. The van der Waals surface area contributed by atoms with Gasteiger partial charge in [-0.2, -0.15) is 0 Å². The van der Waals surface area contributed by atoms with Crippen molar-refractivity contribution >= 4 is 50.2 Å². The van der Waals surface area contributed by atoms with Crippen molar-refractivity contribution < 1.29 is 9.21 Å². The maximum absolute atomic E-state index is 12.5. The minimum atomic E-state index is -0.231. The molecule has 6 heteroatoms. The van der Waals surface area contributed by atoms with E-state index in [-0.39, 0.29) is 5.91 Å². The monoisotopic (exact) mass is 440 g/mol. The van der Waals surface area contributed by atoms with E-state index < -0.39 is 0 Å². The zero-order valence-corrected chi connectivity index (χ0v) is 16.6. The Kier molecular flexibility index (Phi) is 4.72. The lowest BCUT2D eigenvalue weighted by Gasteiger charge is -2.06. The molecule has 0 radical (unpaired) electrons. The highest BCUT2D eigenvalue weighted by molar-refractivity contribution is 9.10. The molecule has 1 aromatic heterocycles. The van der Waals surface area contributed by atoms with E-state index in [9.17, 15) is 4.79 Å². The predicted octanol–water partition coefficient (Wildman–Crippen LogP) is 6.47. The number of aromatic nitrogens is 1. The molecule has 0 spiro atoms. The SMILES string of the molecule is Cc1ccc(C(=O)Nc2ccc3oc(-c4ccccc4Br)nc3c2)cc1Cl. The number of amides is 1. The zero-order valence-electron chi connectivity index (χ0n) is 14.3. The molecule has 134 valence electrons. The van der Waals surface area contributed by atoms with Crippen LogP contribution in [0.3, 0.4) is 0 Å². The summed E-state index contributed by atoms with van der Waals surface area (Å²) in [5, 5.41) is 3.43. The Morgan fingerprint density at radius 3 is 2.70 bits per heavy atom. The number of aryl methyl sites for hydroxylation is 1. The molecule has 0 unspecified atom stereocenters. The molecule has 4 aromatic rings. The number of benzene rings is 3. The van der Waals surface area contributed by atoms with E-state index in [0.29, 0.717) is 33.3 Å². The predicted molar refractivity (Wildman–Crippen MR) is 111 cm³/mol. The normalized spacial score (nSPS) is 10.9. The van der Waals surface area contributed by atoms with Crippen LogP contribution in [0.5, 0.6) is 0 Å². The molecular weight excluding hydrogens is 428 g/mol. The Morgan fingerprint density at radius 2 is 1.93 bits per heavy atom. The number of rotatable bonds is 3. The number of nitrogens with zero attached hydrogens (tertiary/aromatic N) is 1. The van der Waals surface area contributed by atoms with Gasteiger partial charge in [-0.1, -0.05) is 29.8 Å². The van der Waals surface area contributed by atoms with Crippen LogP contribution in [-0.4, -0.2) is 10.9 Å². The van der Waals surface area contributed by atoms with E-state index in [2.05, 4.69) is 26.2 Å². The summed E-state index contributed by atoms with van der Waals surface area (Å²) >= 11 is 9.61. The molecule has 1 N–H and O–H groups in total. The molecule has 0 saturated carbocycles. The van der Waals surface area contributed by atoms with Crippen molar-refractivity contribution in [3.8, 4) is 11.5 Å². The van der Waals surface area contributed by atoms with E-state index >= 15 is 0 Å². The van der Waals surface area contributed by atoms with E-state index in [1.165, 1.54) is 0 Å². The number of hydrogen-bond acceptors (Lipinski definition) is 3. The van der Waals surface area contributed by atoms with Gasteiger partial charge >= 0.3 is 0 Å². The highest BCUT2D eigenvalue weighted by atomic mass is 79.9. The number of anilines is 1. The Labute approximate surface area is 169 Å². The van der Waals surface area contributed by atoms with Crippen molar-refractivity contribution in [3.63, 3.8) is 0 Å². The third kappa shape index (κ3) is 3.61. The summed E-state index contributed by atoms with van der Waals surface area (Å²) in [5.74, 6) is 0.289. The molecule has 0 aliphatic heterocycles. The van der Waals surface area contributed by atoms with Gasteiger partial charge in [0.05, 0.1) is 5.56 Å². The van der Waals surface area contributed by atoms with E-state index in [0.717, 1.165) is 15.6 Å². The molecule has 0 saturated heterocycles. The van der Waals surface area contributed by atoms with Gasteiger partial charge in [-0.15, -0.1) is 0 Å². The van der Waals surface area contributed by atoms with Gasteiger partial charge in [-0.05, 0) is 70.9 Å². The third-order valence-electron chi connectivity index (χ3n) is 4.18. The van der Waals surface area contributed by atoms with Crippen LogP contribution in [0.4, 0.5) is 5.69 Å². The van der Waals surface area contributed by atoms with Gasteiger partial charge in [0.15, 0.2) is 5.58 Å². The summed E-state index contributed by atoms with van der Waals surface area (Å²) in [6, 6.07) is 18.3. The van der Waals surface area contributed by atoms with E-state index in [1.54, 1.807) is 30.3 Å². The van der Waals surface area contributed by atoms with Crippen LogP contribution in [0.1, 0.15) is 15.9 Å². The molecule has 4 nitrogen and oxygen atoms in total. The number of carbonyl (C=O) groups excluding carboxylic acids is 1. The molecular formula is C21H14BrClN2O2. The van der Waals surface area contributed by atoms with Gasteiger partial charge in [0.1, 0.15) is 5.52 Å². The van der Waals surface area contributed by atoms with Gasteiger partial charge in [0.2, 0.25) is 5.89 Å². The van der Waals surface area contributed by atoms with Crippen LogP contribution < -0.4 is 5.32 Å². The lowest BCUT2D eigenvalue weighted by atomic mass is 10.1. The smallest absolute Gasteiger partial charge is 0.255 e. The van der Waals surface area contributed by atoms with E-state index in [4.69, 9.17) is 16.0 Å². The van der Waals surface area contributed by atoms with Crippen LogP contribution in [0.25, 0.3) is 22.6 Å². The van der Waals surface area contributed by atoms with Crippen molar-refractivity contribution in [1.82, 2.24) is 4.98 Å². The number of fused-ring (bicyclic) bond motifs is 1. The molecule has 3 aromatic carbocycles. The second kappa shape index (κ2) is 7.18. The molecule has 4 rings (SSSR count). The van der Waals surface area contributed by atoms with Crippen LogP contribution in [-0.2, 0) is 0 Å². The molecule has 0 aliphatic rings. The van der Waals surface area contributed by atoms with Gasteiger partial charge in [-0.25, -0.2) is 4.98 Å². The highest BCUT2D eigenvalue weighted by Crippen LogP contribution is 2.31. The number of oxazole rings is 1.